The molecule has 1 radical (unpaired) electrons. The molecular formula is C22H44N2NaO3. The standard InChI is InChI=1S/C22H44N2O3.Na/c1-2-3-4-5-6-7-8-9-10-11-12-13-14-18-21(25)27-22(26)20(24)17-15-16-19-23;/h20H,2-19,23-24H2,1H3;/t20-;/m0./s1. The Labute approximate surface area is 195 Å². The fourth-order valence-corrected chi connectivity index (χ4v) is 3.15. The second kappa shape index (κ2) is 23.3. The third kappa shape index (κ3) is 20.8. The van der Waals surface area contributed by atoms with Crippen molar-refractivity contribution in [3.05, 3.63) is 0 Å². The van der Waals surface area contributed by atoms with Gasteiger partial charge in [0.1, 0.15) is 6.04 Å². The summed E-state index contributed by atoms with van der Waals surface area (Å²) in [6, 6.07) is -0.716. The van der Waals surface area contributed by atoms with Crippen LogP contribution in [0.5, 0.6) is 0 Å². The number of nitrogens with two attached hydrogens (primary N) is 2. The van der Waals surface area contributed by atoms with Crippen LogP contribution in [0.3, 0.4) is 0 Å². The minimum absolute atomic E-state index is 0. The SMILES string of the molecule is CCCCCCCCCCCCCCCC(=O)OC(=O)[C@@H](N)CCCCN.[Na]. The fraction of sp³-hybridized carbons (Fsp3) is 0.909. The van der Waals surface area contributed by atoms with Gasteiger partial charge in [-0.15, -0.1) is 0 Å². The van der Waals surface area contributed by atoms with Crippen LogP contribution >= 0.6 is 0 Å². The Morgan fingerprint density at radius 2 is 1.21 bits per heavy atom. The zero-order valence-electron chi connectivity index (χ0n) is 18.7. The predicted molar refractivity (Wildman–Crippen MR) is 118 cm³/mol. The quantitative estimate of drug-likeness (QED) is 0.141. The van der Waals surface area contributed by atoms with Gasteiger partial charge in [-0.2, -0.15) is 0 Å². The first-order chi connectivity index (χ1) is 13.1. The molecule has 0 aromatic carbocycles. The summed E-state index contributed by atoms with van der Waals surface area (Å²) in [4.78, 5) is 23.4. The van der Waals surface area contributed by atoms with Gasteiger partial charge in [-0.1, -0.05) is 90.4 Å². The van der Waals surface area contributed by atoms with Crippen molar-refractivity contribution >= 4 is 41.5 Å². The summed E-state index contributed by atoms with van der Waals surface area (Å²) in [5, 5.41) is 0. The summed E-state index contributed by atoms with van der Waals surface area (Å²) >= 11 is 0. The molecule has 0 aromatic rings. The topological polar surface area (TPSA) is 95.4 Å². The molecule has 6 heteroatoms. The molecule has 1 atom stereocenters. The summed E-state index contributed by atoms with van der Waals surface area (Å²) in [5.41, 5.74) is 11.1. The third-order valence-corrected chi connectivity index (χ3v) is 4.97. The van der Waals surface area contributed by atoms with Gasteiger partial charge >= 0.3 is 11.9 Å². The van der Waals surface area contributed by atoms with Gasteiger partial charge in [0.05, 0.1) is 0 Å². The maximum Gasteiger partial charge on any atom is 0.330 e. The van der Waals surface area contributed by atoms with E-state index in [0.717, 1.165) is 32.1 Å². The van der Waals surface area contributed by atoms with Crippen LogP contribution in [-0.4, -0.2) is 54.1 Å². The van der Waals surface area contributed by atoms with E-state index in [1.54, 1.807) is 0 Å². The molecule has 0 aromatic heterocycles. The number of hydrogen-bond acceptors (Lipinski definition) is 5. The molecule has 0 amide bonds. The summed E-state index contributed by atoms with van der Waals surface area (Å²) < 4.78 is 4.82. The zero-order valence-corrected chi connectivity index (χ0v) is 20.7. The Morgan fingerprint density at radius 1 is 0.750 bits per heavy atom. The Bertz CT molecular complexity index is 368. The number of carbonyl (C=O) groups is 2. The molecule has 28 heavy (non-hydrogen) atoms. The van der Waals surface area contributed by atoms with Crippen LogP contribution in [0.25, 0.3) is 0 Å². The molecule has 161 valence electrons. The van der Waals surface area contributed by atoms with Crippen molar-refractivity contribution in [2.75, 3.05) is 6.54 Å². The van der Waals surface area contributed by atoms with Crippen LogP contribution in [0.4, 0.5) is 0 Å². The smallest absolute Gasteiger partial charge is 0.330 e. The van der Waals surface area contributed by atoms with Gasteiger partial charge in [-0.25, -0.2) is 4.79 Å². The van der Waals surface area contributed by atoms with Crippen molar-refractivity contribution in [1.29, 1.82) is 0 Å². The number of esters is 2. The van der Waals surface area contributed by atoms with Crippen molar-refractivity contribution < 1.29 is 14.3 Å². The van der Waals surface area contributed by atoms with Gasteiger partial charge in [-0.05, 0) is 25.8 Å². The number of hydrogen-bond donors (Lipinski definition) is 2. The normalized spacial score (nSPS) is 11.7. The van der Waals surface area contributed by atoms with Crippen molar-refractivity contribution in [3.63, 3.8) is 0 Å². The predicted octanol–water partition coefficient (Wildman–Crippen LogP) is 4.61. The van der Waals surface area contributed by atoms with Crippen LogP contribution in [0.15, 0.2) is 0 Å². The average molecular weight is 408 g/mol. The van der Waals surface area contributed by atoms with E-state index in [1.807, 2.05) is 0 Å². The van der Waals surface area contributed by atoms with E-state index in [9.17, 15) is 9.59 Å². The minimum atomic E-state index is -0.716. The van der Waals surface area contributed by atoms with E-state index in [1.165, 1.54) is 64.2 Å². The molecule has 0 bridgehead atoms. The maximum atomic E-state index is 11.7. The third-order valence-electron chi connectivity index (χ3n) is 4.97. The maximum absolute atomic E-state index is 11.7. The van der Waals surface area contributed by atoms with Gasteiger partial charge < -0.3 is 16.2 Å². The second-order valence-corrected chi connectivity index (χ2v) is 7.68. The first kappa shape index (κ1) is 30.3. The van der Waals surface area contributed by atoms with Gasteiger partial charge in [0.25, 0.3) is 0 Å². The second-order valence-electron chi connectivity index (χ2n) is 7.68. The molecule has 0 aliphatic carbocycles. The van der Waals surface area contributed by atoms with Crippen molar-refractivity contribution in [2.24, 2.45) is 11.5 Å². The van der Waals surface area contributed by atoms with Gasteiger partial charge in [0, 0.05) is 36.0 Å². The summed E-state index contributed by atoms with van der Waals surface area (Å²) in [6.45, 7) is 2.84. The molecule has 0 spiro atoms. The molecule has 0 saturated heterocycles. The van der Waals surface area contributed by atoms with Crippen LogP contribution in [0, 0.1) is 0 Å². The van der Waals surface area contributed by atoms with E-state index in [2.05, 4.69) is 6.92 Å². The Hall–Kier alpha value is 0.0600. The monoisotopic (exact) mass is 407 g/mol. The minimum Gasteiger partial charge on any atom is -0.392 e. The molecule has 5 nitrogen and oxygen atoms in total. The summed E-state index contributed by atoms with van der Waals surface area (Å²) in [7, 11) is 0. The van der Waals surface area contributed by atoms with Crippen LogP contribution < -0.4 is 11.5 Å². The van der Waals surface area contributed by atoms with Crippen molar-refractivity contribution in [2.45, 2.75) is 122 Å². The molecule has 0 aliphatic rings. The molecule has 0 rings (SSSR count). The molecule has 0 aliphatic heterocycles. The number of unbranched alkanes of at least 4 members (excludes halogenated alkanes) is 13. The molecule has 0 unspecified atom stereocenters. The molecule has 0 saturated carbocycles. The number of rotatable bonds is 19. The largest absolute Gasteiger partial charge is 0.392 e. The fourth-order valence-electron chi connectivity index (χ4n) is 3.15. The van der Waals surface area contributed by atoms with E-state index in [-0.39, 0.29) is 29.6 Å². The van der Waals surface area contributed by atoms with Crippen molar-refractivity contribution in [3.8, 4) is 0 Å². The van der Waals surface area contributed by atoms with Crippen molar-refractivity contribution in [1.82, 2.24) is 0 Å². The molecule has 0 fully saturated rings. The number of ether oxygens (including phenoxy) is 1. The Kier molecular flexibility index (Phi) is 25.2. The van der Waals surface area contributed by atoms with Crippen LogP contribution in [0.2, 0.25) is 0 Å². The van der Waals surface area contributed by atoms with E-state index < -0.39 is 18.0 Å². The van der Waals surface area contributed by atoms with Crippen LogP contribution in [0.1, 0.15) is 116 Å². The summed E-state index contributed by atoms with van der Waals surface area (Å²) in [5.74, 6) is -1.05. The van der Waals surface area contributed by atoms with E-state index in [4.69, 9.17) is 16.2 Å². The van der Waals surface area contributed by atoms with Crippen LogP contribution in [-0.2, 0) is 14.3 Å². The van der Waals surface area contributed by atoms with Gasteiger partial charge in [0.2, 0.25) is 0 Å². The first-order valence-corrected chi connectivity index (χ1v) is 11.3. The Balaban J connectivity index is 0. The molecular weight excluding hydrogens is 363 g/mol. The molecule has 0 heterocycles. The van der Waals surface area contributed by atoms with Gasteiger partial charge in [-0.3, -0.25) is 4.79 Å². The molecule has 4 N–H and O–H groups in total. The Morgan fingerprint density at radius 3 is 1.68 bits per heavy atom. The van der Waals surface area contributed by atoms with Gasteiger partial charge in [0.15, 0.2) is 0 Å². The summed E-state index contributed by atoms with van der Waals surface area (Å²) in [6.07, 6.45) is 18.8. The zero-order chi connectivity index (χ0) is 20.2. The first-order valence-electron chi connectivity index (χ1n) is 11.3. The number of carbonyl (C=O) groups excluding carboxylic acids is 2. The van der Waals surface area contributed by atoms with E-state index >= 15 is 0 Å². The average Bonchev–Trinajstić information content (AvgIpc) is 2.65. The van der Waals surface area contributed by atoms with E-state index in [0.29, 0.717) is 19.4 Å².